The standard InChI is InChI=1S/C22H19FN4O2S/c1-13-8-14(2)27-21(24-13)25-22(26-27)30-12-17-10-18(23)9-16-11-28-20(29-19(16)17)15-6-4-3-5-7-15/h3-10,20H,11-12H2,1-2H3/t20-/m1/s1. The molecule has 0 saturated carbocycles. The van der Waals surface area contributed by atoms with Gasteiger partial charge in [-0.25, -0.2) is 13.9 Å². The normalized spacial score (nSPS) is 15.8. The highest BCUT2D eigenvalue weighted by atomic mass is 32.2. The van der Waals surface area contributed by atoms with Crippen LogP contribution in [0.3, 0.4) is 0 Å². The number of ether oxygens (including phenoxy) is 2. The quantitative estimate of drug-likeness (QED) is 0.441. The van der Waals surface area contributed by atoms with Gasteiger partial charge in [0, 0.05) is 33.8 Å². The molecule has 0 saturated heterocycles. The van der Waals surface area contributed by atoms with Gasteiger partial charge < -0.3 is 9.47 Å². The van der Waals surface area contributed by atoms with Crippen LogP contribution in [-0.2, 0) is 17.1 Å². The summed E-state index contributed by atoms with van der Waals surface area (Å²) in [5.74, 6) is 1.38. The number of halogens is 1. The topological polar surface area (TPSA) is 61.5 Å². The minimum Gasteiger partial charge on any atom is -0.460 e. The molecular formula is C22H19FN4O2S. The maximum Gasteiger partial charge on any atom is 0.253 e. The molecule has 1 aliphatic rings. The van der Waals surface area contributed by atoms with E-state index in [1.165, 1.54) is 23.9 Å². The molecule has 152 valence electrons. The van der Waals surface area contributed by atoms with Gasteiger partial charge in [-0.05, 0) is 32.0 Å². The number of thioether (sulfide) groups is 1. The number of benzene rings is 2. The third-order valence-corrected chi connectivity index (χ3v) is 5.74. The van der Waals surface area contributed by atoms with Crippen LogP contribution in [0.4, 0.5) is 4.39 Å². The van der Waals surface area contributed by atoms with Gasteiger partial charge in [-0.1, -0.05) is 42.1 Å². The predicted molar refractivity (Wildman–Crippen MR) is 111 cm³/mol. The minimum absolute atomic E-state index is 0.291. The van der Waals surface area contributed by atoms with E-state index in [-0.39, 0.29) is 5.82 Å². The molecule has 2 aromatic carbocycles. The van der Waals surface area contributed by atoms with Crippen LogP contribution in [-0.4, -0.2) is 19.6 Å². The second-order valence-electron chi connectivity index (χ2n) is 7.16. The molecule has 4 aromatic rings. The van der Waals surface area contributed by atoms with Gasteiger partial charge in [0.05, 0.1) is 6.61 Å². The zero-order valence-corrected chi connectivity index (χ0v) is 17.3. The van der Waals surface area contributed by atoms with Gasteiger partial charge in [0.1, 0.15) is 11.6 Å². The van der Waals surface area contributed by atoms with Gasteiger partial charge in [0.25, 0.3) is 5.78 Å². The van der Waals surface area contributed by atoms with Crippen molar-refractivity contribution >= 4 is 17.5 Å². The number of fused-ring (bicyclic) bond motifs is 2. The van der Waals surface area contributed by atoms with Crippen molar-refractivity contribution in [2.75, 3.05) is 0 Å². The van der Waals surface area contributed by atoms with E-state index in [9.17, 15) is 4.39 Å². The van der Waals surface area contributed by atoms with E-state index in [0.717, 1.165) is 22.5 Å². The predicted octanol–water partition coefficient (Wildman–Crippen LogP) is 4.78. The van der Waals surface area contributed by atoms with Crippen LogP contribution >= 0.6 is 11.8 Å². The van der Waals surface area contributed by atoms with Crippen LogP contribution in [0.2, 0.25) is 0 Å². The Kier molecular flexibility index (Phi) is 4.88. The molecule has 0 unspecified atom stereocenters. The van der Waals surface area contributed by atoms with Gasteiger partial charge in [-0.15, -0.1) is 5.10 Å². The lowest BCUT2D eigenvalue weighted by Crippen LogP contribution is -2.19. The molecule has 0 N–H and O–H groups in total. The molecule has 2 aromatic heterocycles. The summed E-state index contributed by atoms with van der Waals surface area (Å²) >= 11 is 1.42. The molecule has 0 amide bonds. The highest BCUT2D eigenvalue weighted by molar-refractivity contribution is 7.98. The number of nitrogens with zero attached hydrogens (tertiary/aromatic N) is 4. The maximum absolute atomic E-state index is 14.2. The summed E-state index contributed by atoms with van der Waals surface area (Å²) in [5.41, 5.74) is 4.23. The van der Waals surface area contributed by atoms with Gasteiger partial charge in [-0.3, -0.25) is 0 Å². The van der Waals surface area contributed by atoms with E-state index in [4.69, 9.17) is 9.47 Å². The monoisotopic (exact) mass is 422 g/mol. The fraction of sp³-hybridized carbons (Fsp3) is 0.227. The van der Waals surface area contributed by atoms with Crippen LogP contribution in [0, 0.1) is 19.7 Å². The van der Waals surface area contributed by atoms with Crippen molar-refractivity contribution in [1.29, 1.82) is 0 Å². The molecule has 1 aliphatic heterocycles. The summed E-state index contributed by atoms with van der Waals surface area (Å²) in [6.07, 6.45) is -0.518. The Bertz CT molecular complexity index is 1230. The summed E-state index contributed by atoms with van der Waals surface area (Å²) in [7, 11) is 0. The Morgan fingerprint density at radius 2 is 1.97 bits per heavy atom. The molecule has 0 bridgehead atoms. The van der Waals surface area contributed by atoms with Crippen molar-refractivity contribution in [1.82, 2.24) is 19.6 Å². The van der Waals surface area contributed by atoms with E-state index >= 15 is 0 Å². The largest absolute Gasteiger partial charge is 0.460 e. The van der Waals surface area contributed by atoms with Crippen molar-refractivity contribution in [3.05, 3.63) is 82.4 Å². The Morgan fingerprint density at radius 3 is 2.80 bits per heavy atom. The van der Waals surface area contributed by atoms with Gasteiger partial charge in [-0.2, -0.15) is 4.98 Å². The van der Waals surface area contributed by atoms with E-state index in [1.807, 2.05) is 50.2 Å². The average molecular weight is 422 g/mol. The third kappa shape index (κ3) is 3.64. The molecule has 6 nitrogen and oxygen atoms in total. The number of hydrogen-bond acceptors (Lipinski definition) is 6. The van der Waals surface area contributed by atoms with Crippen LogP contribution in [0.25, 0.3) is 5.78 Å². The molecule has 0 aliphatic carbocycles. The minimum atomic E-state index is -0.518. The van der Waals surface area contributed by atoms with Crippen LogP contribution in [0.5, 0.6) is 5.75 Å². The van der Waals surface area contributed by atoms with E-state index in [1.54, 1.807) is 4.52 Å². The van der Waals surface area contributed by atoms with Crippen molar-refractivity contribution < 1.29 is 13.9 Å². The molecule has 5 rings (SSSR count). The lowest BCUT2D eigenvalue weighted by Gasteiger charge is -2.28. The molecule has 0 fully saturated rings. The van der Waals surface area contributed by atoms with E-state index in [0.29, 0.717) is 34.6 Å². The number of aromatic nitrogens is 4. The summed E-state index contributed by atoms with van der Waals surface area (Å²) in [6, 6.07) is 14.6. The summed E-state index contributed by atoms with van der Waals surface area (Å²) in [6.45, 7) is 4.18. The van der Waals surface area contributed by atoms with Crippen molar-refractivity contribution in [3.63, 3.8) is 0 Å². The molecule has 0 radical (unpaired) electrons. The van der Waals surface area contributed by atoms with Gasteiger partial charge in [0.2, 0.25) is 11.4 Å². The average Bonchev–Trinajstić information content (AvgIpc) is 3.15. The van der Waals surface area contributed by atoms with Crippen molar-refractivity contribution in [2.45, 2.75) is 37.7 Å². The Morgan fingerprint density at radius 1 is 1.13 bits per heavy atom. The summed E-state index contributed by atoms with van der Waals surface area (Å²) < 4.78 is 27.8. The molecule has 30 heavy (non-hydrogen) atoms. The lowest BCUT2D eigenvalue weighted by atomic mass is 10.1. The second-order valence-corrected chi connectivity index (χ2v) is 8.10. The fourth-order valence-electron chi connectivity index (χ4n) is 3.51. The Hall–Kier alpha value is -2.97. The van der Waals surface area contributed by atoms with Gasteiger partial charge >= 0.3 is 0 Å². The van der Waals surface area contributed by atoms with Crippen LogP contribution in [0.15, 0.2) is 53.7 Å². The highest BCUT2D eigenvalue weighted by Gasteiger charge is 2.25. The van der Waals surface area contributed by atoms with Crippen LogP contribution in [0.1, 0.15) is 34.4 Å². The maximum atomic E-state index is 14.2. The first-order valence-electron chi connectivity index (χ1n) is 9.55. The Labute approximate surface area is 177 Å². The zero-order chi connectivity index (χ0) is 20.7. The summed E-state index contributed by atoms with van der Waals surface area (Å²) in [4.78, 5) is 8.91. The SMILES string of the molecule is Cc1cc(C)n2nc(SCc3cc(F)cc4c3O[C@H](c3ccccc3)OC4)nc2n1. The number of aryl methyl sites for hydroxylation is 2. The first kappa shape index (κ1) is 19.0. The van der Waals surface area contributed by atoms with E-state index in [2.05, 4.69) is 15.1 Å². The smallest absolute Gasteiger partial charge is 0.253 e. The molecule has 1 atom stereocenters. The molecule has 8 heteroatoms. The molecular weight excluding hydrogens is 403 g/mol. The van der Waals surface area contributed by atoms with Crippen molar-refractivity contribution in [2.24, 2.45) is 0 Å². The number of rotatable bonds is 4. The Balaban J connectivity index is 1.42. The van der Waals surface area contributed by atoms with Crippen molar-refractivity contribution in [3.8, 4) is 5.75 Å². The fourth-order valence-corrected chi connectivity index (χ4v) is 4.29. The lowest BCUT2D eigenvalue weighted by molar-refractivity contribution is -0.112. The molecule has 3 heterocycles. The first-order valence-corrected chi connectivity index (χ1v) is 10.5. The van der Waals surface area contributed by atoms with E-state index < -0.39 is 6.29 Å². The van der Waals surface area contributed by atoms with Gasteiger partial charge in [0.15, 0.2) is 0 Å². The van der Waals surface area contributed by atoms with Crippen LogP contribution < -0.4 is 4.74 Å². The zero-order valence-electron chi connectivity index (χ0n) is 16.5. The third-order valence-electron chi connectivity index (χ3n) is 4.85. The molecule has 0 spiro atoms. The first-order chi connectivity index (χ1) is 14.6. The number of hydrogen-bond donors (Lipinski definition) is 0. The summed E-state index contributed by atoms with van der Waals surface area (Å²) in [5, 5.41) is 5.10. The highest BCUT2D eigenvalue weighted by Crippen LogP contribution is 2.38. The second kappa shape index (κ2) is 7.70.